The van der Waals surface area contributed by atoms with Gasteiger partial charge in [0, 0.05) is 48.3 Å². The van der Waals surface area contributed by atoms with Crippen molar-refractivity contribution < 1.29 is 57.7 Å². The number of nitrogens with zero attached hydrogens (tertiary/aromatic N) is 10. The van der Waals surface area contributed by atoms with Crippen LogP contribution in [0, 0.1) is 23.3 Å². The van der Waals surface area contributed by atoms with Crippen molar-refractivity contribution in [3.05, 3.63) is 70.8 Å². The molecule has 0 unspecified atom stereocenters. The zero-order chi connectivity index (χ0) is 50.8. The van der Waals surface area contributed by atoms with Crippen LogP contribution in [-0.4, -0.2) is 167 Å². The number of rotatable bonds is 20. The first-order valence-corrected chi connectivity index (χ1v) is 25.9. The van der Waals surface area contributed by atoms with Crippen molar-refractivity contribution in [2.24, 2.45) is 0 Å². The number of fused-ring (bicyclic) bond motifs is 2. The van der Waals surface area contributed by atoms with Gasteiger partial charge in [0.15, 0.2) is 67.5 Å². The molecule has 4 aromatic heterocycles. The maximum atomic E-state index is 13.7. The quantitative estimate of drug-likeness (QED) is 0.0305. The van der Waals surface area contributed by atoms with Gasteiger partial charge in [0.25, 0.3) is 0 Å². The lowest BCUT2D eigenvalue weighted by molar-refractivity contribution is -0.0629. The lowest BCUT2D eigenvalue weighted by Gasteiger charge is -2.17. The molecule has 388 valence electrons. The molecule has 4 aliphatic carbocycles. The Morgan fingerprint density at radius 1 is 0.583 bits per heavy atom. The molecule has 6 aromatic rings. The van der Waals surface area contributed by atoms with Crippen molar-refractivity contribution >= 4 is 57.5 Å². The average Bonchev–Trinajstić information content (AvgIpc) is 4.14. The number of ether oxygens (including phenoxy) is 2. The van der Waals surface area contributed by atoms with E-state index in [0.717, 1.165) is 49.3 Å². The van der Waals surface area contributed by atoms with Gasteiger partial charge in [-0.2, -0.15) is 0 Å². The molecule has 12 atom stereocenters. The lowest BCUT2D eigenvalue weighted by Crippen LogP contribution is -2.33. The Balaban J connectivity index is 0.000000178. The lowest BCUT2D eigenvalue weighted by atomic mass is 10.1. The second-order valence-corrected chi connectivity index (χ2v) is 20.3. The van der Waals surface area contributed by atoms with Gasteiger partial charge in [0.05, 0.1) is 50.7 Å². The van der Waals surface area contributed by atoms with Gasteiger partial charge < -0.3 is 50.7 Å². The van der Waals surface area contributed by atoms with Gasteiger partial charge in [-0.15, -0.1) is 10.2 Å². The number of aliphatic hydroxyl groups is 6. The molecule has 0 spiro atoms. The van der Waals surface area contributed by atoms with Crippen molar-refractivity contribution in [1.82, 2.24) is 49.9 Å². The number of nitrogens with one attached hydrogen (secondary N) is 2. The molecule has 4 heterocycles. The molecule has 0 radical (unpaired) electrons. The van der Waals surface area contributed by atoms with Crippen molar-refractivity contribution in [2.75, 3.05) is 48.6 Å². The molecule has 10 rings (SSSR count). The predicted octanol–water partition coefficient (Wildman–Crippen LogP) is 4.03. The Labute approximate surface area is 418 Å². The zero-order valence-electron chi connectivity index (χ0n) is 39.2. The summed E-state index contributed by atoms with van der Waals surface area (Å²) in [5.41, 5.74) is 3.06. The summed E-state index contributed by atoms with van der Waals surface area (Å²) in [6.45, 7) is 3.82. The molecular formula is C46H56F4N12O8S2. The summed E-state index contributed by atoms with van der Waals surface area (Å²) in [5, 5.41) is 85.1. The molecule has 72 heavy (non-hydrogen) atoms. The molecule has 0 bridgehead atoms. The van der Waals surface area contributed by atoms with Crippen LogP contribution in [0.4, 0.5) is 29.2 Å². The van der Waals surface area contributed by atoms with Crippen LogP contribution in [0.25, 0.3) is 22.3 Å². The van der Waals surface area contributed by atoms with Gasteiger partial charge in [0.1, 0.15) is 24.4 Å². The summed E-state index contributed by atoms with van der Waals surface area (Å²) >= 11 is 2.96. The summed E-state index contributed by atoms with van der Waals surface area (Å²) in [7, 11) is 0. The van der Waals surface area contributed by atoms with E-state index in [0.29, 0.717) is 55.4 Å². The van der Waals surface area contributed by atoms with Crippen LogP contribution in [0.15, 0.2) is 46.7 Å². The second-order valence-electron chi connectivity index (χ2n) is 18.2. The standard InChI is InChI=1S/2C23H28F2N6O4S/c2*1-2-7-36-23-27-21(26-15-9-12(15)11-3-4-13(24)14(25)8-11)18-22(28-23)31(30-29-18)16-10-17(35-6-5-32)20(34)19(16)33/h2*3-4,8,12,15-17,19-20,32-34H,2,5-7,9-10H2,1H3,(H,26,27,28)/t12-,15-,16+,17-,19-,20+;12-,15-,16-,17+,19+,20-/m01/s1. The highest BCUT2D eigenvalue weighted by atomic mass is 32.2. The van der Waals surface area contributed by atoms with Crippen LogP contribution < -0.4 is 10.6 Å². The van der Waals surface area contributed by atoms with E-state index in [9.17, 15) is 38.0 Å². The molecule has 0 amide bonds. The van der Waals surface area contributed by atoms with Crippen LogP contribution in [0.2, 0.25) is 0 Å². The molecule has 4 saturated carbocycles. The first kappa shape index (κ1) is 52.0. The van der Waals surface area contributed by atoms with Crippen molar-refractivity contribution in [2.45, 2.75) is 135 Å². The Morgan fingerprint density at radius 3 is 1.38 bits per heavy atom. The minimum absolute atomic E-state index is 0.00291. The topological polar surface area (TPSA) is 277 Å². The summed E-state index contributed by atoms with van der Waals surface area (Å²) in [4.78, 5) is 18.5. The Hall–Kier alpha value is -4.90. The third-order valence-corrected chi connectivity index (χ3v) is 15.2. The number of aliphatic hydroxyl groups excluding tert-OH is 6. The summed E-state index contributed by atoms with van der Waals surface area (Å²) in [5.74, 6) is -0.944. The molecular weight excluding hydrogens is 989 g/mol. The van der Waals surface area contributed by atoms with Gasteiger partial charge in [-0.3, -0.25) is 0 Å². The number of halogens is 4. The number of hydrogen-bond acceptors (Lipinski definition) is 20. The highest BCUT2D eigenvalue weighted by Gasteiger charge is 2.47. The van der Waals surface area contributed by atoms with Crippen LogP contribution in [-0.2, 0) is 9.47 Å². The Morgan fingerprint density at radius 2 is 1.00 bits per heavy atom. The third-order valence-electron chi connectivity index (χ3n) is 13.1. The fourth-order valence-corrected chi connectivity index (χ4v) is 10.6. The minimum Gasteiger partial charge on any atom is -0.394 e. The fourth-order valence-electron chi connectivity index (χ4n) is 9.23. The van der Waals surface area contributed by atoms with Crippen molar-refractivity contribution in [3.8, 4) is 0 Å². The van der Waals surface area contributed by atoms with Gasteiger partial charge in [-0.05, 0) is 61.1 Å². The normalized spacial score (nSPS) is 27.6. The van der Waals surface area contributed by atoms with Crippen LogP contribution in [0.3, 0.4) is 0 Å². The van der Waals surface area contributed by atoms with Gasteiger partial charge in [0.2, 0.25) is 0 Å². The van der Waals surface area contributed by atoms with Crippen LogP contribution in [0.1, 0.15) is 87.4 Å². The monoisotopic (exact) mass is 1040 g/mol. The van der Waals surface area contributed by atoms with Crippen LogP contribution >= 0.6 is 23.5 Å². The largest absolute Gasteiger partial charge is 0.394 e. The number of anilines is 2. The summed E-state index contributed by atoms with van der Waals surface area (Å²) < 4.78 is 68.0. The summed E-state index contributed by atoms with van der Waals surface area (Å²) in [6.07, 6.45) is -2.08. The molecule has 20 nitrogen and oxygen atoms in total. The Kier molecular flexibility index (Phi) is 16.4. The number of hydrogen-bond donors (Lipinski definition) is 8. The average molecular weight is 1050 g/mol. The SMILES string of the molecule is CCCSc1nc(N[C@@H]2C[C@@H]2c2ccc(F)c(F)c2)c2nnn([C@@H]3C[C@H](OCCO)[C@@H](O)[C@H]3O)c2n1.CCCSc1nc(N[C@H]2C[C@H]2c2ccc(F)c(F)c2)c2nnn([C@@H]3C[C@H](OCCO)[C@@H](O)[C@H]3O)c2n1. The molecule has 26 heteroatoms. The summed E-state index contributed by atoms with van der Waals surface area (Å²) in [6, 6.07) is 6.53. The first-order chi connectivity index (χ1) is 34.8. The predicted molar refractivity (Wildman–Crippen MR) is 256 cm³/mol. The van der Waals surface area contributed by atoms with E-state index in [4.69, 9.17) is 19.7 Å². The molecule has 4 aliphatic rings. The van der Waals surface area contributed by atoms with E-state index < -0.39 is 72.0 Å². The highest BCUT2D eigenvalue weighted by Crippen LogP contribution is 2.46. The van der Waals surface area contributed by atoms with E-state index in [1.807, 2.05) is 0 Å². The molecule has 2 aromatic carbocycles. The second kappa shape index (κ2) is 22.7. The van der Waals surface area contributed by atoms with E-state index in [1.165, 1.54) is 45.0 Å². The van der Waals surface area contributed by atoms with Gasteiger partial charge >= 0.3 is 0 Å². The van der Waals surface area contributed by atoms with Gasteiger partial charge in [-0.1, -0.05) is 59.9 Å². The van der Waals surface area contributed by atoms with Crippen molar-refractivity contribution in [3.63, 3.8) is 0 Å². The number of benzene rings is 2. The Bertz CT molecular complexity index is 2650. The maximum absolute atomic E-state index is 13.7. The molecule has 0 saturated heterocycles. The van der Waals surface area contributed by atoms with E-state index in [2.05, 4.69) is 65.0 Å². The molecule has 0 aliphatic heterocycles. The number of thioether (sulfide) groups is 2. The molecule has 8 N–H and O–H groups in total. The highest BCUT2D eigenvalue weighted by molar-refractivity contribution is 7.99. The van der Waals surface area contributed by atoms with Crippen molar-refractivity contribution in [1.29, 1.82) is 0 Å². The third kappa shape index (κ3) is 11.1. The van der Waals surface area contributed by atoms with Gasteiger partial charge in [-0.25, -0.2) is 46.9 Å². The zero-order valence-corrected chi connectivity index (χ0v) is 40.8. The van der Waals surface area contributed by atoms with E-state index >= 15 is 0 Å². The molecule has 4 fully saturated rings. The maximum Gasteiger partial charge on any atom is 0.191 e. The first-order valence-electron chi connectivity index (χ1n) is 23.9. The van der Waals surface area contributed by atoms with E-state index in [-0.39, 0.29) is 63.2 Å². The van der Waals surface area contributed by atoms with Crippen LogP contribution in [0.5, 0.6) is 0 Å². The number of aromatic nitrogens is 10. The smallest absolute Gasteiger partial charge is 0.191 e. The minimum atomic E-state index is -1.15. The fraction of sp³-hybridized carbons (Fsp3) is 0.565. The van der Waals surface area contributed by atoms with E-state index in [1.54, 1.807) is 12.1 Å².